The van der Waals surface area contributed by atoms with Gasteiger partial charge in [-0.25, -0.2) is 0 Å². The Morgan fingerprint density at radius 2 is 2.31 bits per heavy atom. The van der Waals surface area contributed by atoms with E-state index in [1.165, 1.54) is 18.9 Å². The van der Waals surface area contributed by atoms with Crippen molar-refractivity contribution in [1.29, 1.82) is 0 Å². The molecular formula is C9H12N2O2. The molecule has 0 aliphatic heterocycles. The van der Waals surface area contributed by atoms with Crippen molar-refractivity contribution >= 4 is 5.69 Å². The molecule has 13 heavy (non-hydrogen) atoms. The minimum Gasteiger partial charge on any atom is -0.506 e. The van der Waals surface area contributed by atoms with Crippen molar-refractivity contribution in [2.45, 2.75) is 19.4 Å². The van der Waals surface area contributed by atoms with Crippen molar-refractivity contribution in [1.82, 2.24) is 4.57 Å². The second kappa shape index (κ2) is 2.80. The molecule has 1 fully saturated rings. The summed E-state index contributed by atoms with van der Waals surface area (Å²) in [4.78, 5) is 11.4. The van der Waals surface area contributed by atoms with Gasteiger partial charge < -0.3 is 15.4 Å². The normalized spacial score (nSPS) is 16.0. The summed E-state index contributed by atoms with van der Waals surface area (Å²) >= 11 is 0. The Bertz CT molecular complexity index is 380. The van der Waals surface area contributed by atoms with Crippen LogP contribution in [0.4, 0.5) is 5.69 Å². The summed E-state index contributed by atoms with van der Waals surface area (Å²) in [5.41, 5.74) is 5.06. The van der Waals surface area contributed by atoms with Crippen LogP contribution in [0.15, 0.2) is 17.1 Å². The Morgan fingerprint density at radius 1 is 1.62 bits per heavy atom. The molecule has 0 spiro atoms. The van der Waals surface area contributed by atoms with Crippen LogP contribution >= 0.6 is 0 Å². The molecule has 1 aromatic heterocycles. The van der Waals surface area contributed by atoms with Gasteiger partial charge in [-0.3, -0.25) is 4.79 Å². The highest BCUT2D eigenvalue weighted by molar-refractivity contribution is 5.48. The zero-order chi connectivity index (χ0) is 9.42. The molecule has 0 amide bonds. The molecule has 0 atom stereocenters. The Balaban J connectivity index is 2.35. The molecule has 0 bridgehead atoms. The molecule has 1 aromatic rings. The number of nitrogens with two attached hydrogens (primary N) is 1. The number of nitrogens with zero attached hydrogens (tertiary/aromatic N) is 1. The third-order valence-corrected chi connectivity index (χ3v) is 2.33. The molecule has 0 saturated heterocycles. The highest BCUT2D eigenvalue weighted by Gasteiger charge is 2.22. The van der Waals surface area contributed by atoms with Crippen molar-refractivity contribution in [2.75, 3.05) is 5.73 Å². The fourth-order valence-corrected chi connectivity index (χ4v) is 1.30. The number of nitrogen functional groups attached to an aromatic ring is 1. The van der Waals surface area contributed by atoms with Gasteiger partial charge in [0.1, 0.15) is 11.4 Å². The van der Waals surface area contributed by atoms with E-state index in [0.29, 0.717) is 5.92 Å². The van der Waals surface area contributed by atoms with E-state index in [0.717, 1.165) is 6.54 Å². The number of rotatable bonds is 2. The summed E-state index contributed by atoms with van der Waals surface area (Å²) in [5, 5.41) is 9.14. The lowest BCUT2D eigenvalue weighted by Gasteiger charge is -2.05. The first-order valence-corrected chi connectivity index (χ1v) is 4.36. The Hall–Kier alpha value is -1.45. The summed E-state index contributed by atoms with van der Waals surface area (Å²) in [6, 6.07) is 1.46. The lowest BCUT2D eigenvalue weighted by atomic mass is 10.3. The van der Waals surface area contributed by atoms with Crippen molar-refractivity contribution < 1.29 is 5.11 Å². The molecule has 0 aromatic carbocycles. The van der Waals surface area contributed by atoms with Crippen LogP contribution in [0.3, 0.4) is 0 Å². The van der Waals surface area contributed by atoms with E-state index in [1.54, 1.807) is 10.8 Å². The van der Waals surface area contributed by atoms with Crippen molar-refractivity contribution in [3.63, 3.8) is 0 Å². The first-order valence-electron chi connectivity index (χ1n) is 4.36. The maximum absolute atomic E-state index is 11.4. The summed E-state index contributed by atoms with van der Waals surface area (Å²) < 4.78 is 1.56. The lowest BCUT2D eigenvalue weighted by molar-refractivity contribution is 0.472. The summed E-state index contributed by atoms with van der Waals surface area (Å²) in [6.45, 7) is 0.726. The third-order valence-electron chi connectivity index (χ3n) is 2.33. The standard InChI is InChI=1S/C9H12N2O2/c10-8-7(12)3-4-11(9(8)13)5-6-1-2-6/h3-4,6,12H,1-2,5,10H2. The molecule has 0 radical (unpaired) electrons. The van der Waals surface area contributed by atoms with Crippen molar-refractivity contribution in [2.24, 2.45) is 5.92 Å². The first-order chi connectivity index (χ1) is 6.18. The maximum Gasteiger partial charge on any atom is 0.277 e. The molecule has 1 aliphatic rings. The number of aromatic nitrogens is 1. The lowest BCUT2D eigenvalue weighted by Crippen LogP contribution is -2.22. The number of anilines is 1. The predicted octanol–water partition coefficient (Wildman–Crippen LogP) is 0.546. The molecule has 1 aliphatic carbocycles. The van der Waals surface area contributed by atoms with Gasteiger partial charge in [0.05, 0.1) is 0 Å². The summed E-state index contributed by atoms with van der Waals surface area (Å²) in [6.07, 6.45) is 3.97. The van der Waals surface area contributed by atoms with E-state index in [9.17, 15) is 4.79 Å². The van der Waals surface area contributed by atoms with Gasteiger partial charge in [-0.15, -0.1) is 0 Å². The van der Waals surface area contributed by atoms with Crippen LogP contribution in [0.2, 0.25) is 0 Å². The Labute approximate surface area is 75.6 Å². The fraction of sp³-hybridized carbons (Fsp3) is 0.444. The molecule has 3 N–H and O–H groups in total. The highest BCUT2D eigenvalue weighted by atomic mass is 16.3. The average Bonchev–Trinajstić information content (AvgIpc) is 2.90. The number of aromatic hydroxyl groups is 1. The predicted molar refractivity (Wildman–Crippen MR) is 49.5 cm³/mol. The minimum atomic E-state index is -0.285. The average molecular weight is 180 g/mol. The van der Waals surface area contributed by atoms with Crippen LogP contribution in [0.25, 0.3) is 0 Å². The molecule has 0 unspecified atom stereocenters. The summed E-state index contributed by atoms with van der Waals surface area (Å²) in [7, 11) is 0. The molecule has 2 rings (SSSR count). The quantitative estimate of drug-likeness (QED) is 0.698. The highest BCUT2D eigenvalue weighted by Crippen LogP contribution is 2.30. The third kappa shape index (κ3) is 1.52. The van der Waals surface area contributed by atoms with Gasteiger partial charge in [-0.1, -0.05) is 0 Å². The zero-order valence-corrected chi connectivity index (χ0v) is 7.23. The van der Waals surface area contributed by atoms with E-state index in [1.807, 2.05) is 0 Å². The second-order valence-electron chi connectivity index (χ2n) is 3.52. The SMILES string of the molecule is Nc1c(O)ccn(CC2CC2)c1=O. The number of pyridine rings is 1. The van der Waals surface area contributed by atoms with E-state index in [2.05, 4.69) is 0 Å². The minimum absolute atomic E-state index is 0.0526. The van der Waals surface area contributed by atoms with E-state index in [4.69, 9.17) is 10.8 Å². The van der Waals surface area contributed by atoms with Crippen molar-refractivity contribution in [3.8, 4) is 5.75 Å². The van der Waals surface area contributed by atoms with Crippen LogP contribution in [0, 0.1) is 5.92 Å². The largest absolute Gasteiger partial charge is 0.506 e. The topological polar surface area (TPSA) is 68.2 Å². The Kier molecular flexibility index (Phi) is 1.76. The van der Waals surface area contributed by atoms with Crippen LogP contribution in [0.5, 0.6) is 5.75 Å². The number of hydrogen-bond donors (Lipinski definition) is 2. The number of hydrogen-bond acceptors (Lipinski definition) is 3. The molecule has 70 valence electrons. The van der Waals surface area contributed by atoms with Crippen LogP contribution < -0.4 is 11.3 Å². The van der Waals surface area contributed by atoms with Gasteiger partial charge in [0.2, 0.25) is 0 Å². The van der Waals surface area contributed by atoms with Crippen molar-refractivity contribution in [3.05, 3.63) is 22.6 Å². The molecule has 1 heterocycles. The zero-order valence-electron chi connectivity index (χ0n) is 7.23. The van der Waals surface area contributed by atoms with E-state index >= 15 is 0 Å². The van der Waals surface area contributed by atoms with E-state index < -0.39 is 0 Å². The smallest absolute Gasteiger partial charge is 0.277 e. The monoisotopic (exact) mass is 180 g/mol. The molecule has 4 nitrogen and oxygen atoms in total. The van der Waals surface area contributed by atoms with Crippen LogP contribution in [0.1, 0.15) is 12.8 Å². The van der Waals surface area contributed by atoms with Gasteiger partial charge in [0.15, 0.2) is 0 Å². The first kappa shape index (κ1) is 8.16. The second-order valence-corrected chi connectivity index (χ2v) is 3.52. The van der Waals surface area contributed by atoms with Gasteiger partial charge in [-0.05, 0) is 24.8 Å². The molecular weight excluding hydrogens is 168 g/mol. The van der Waals surface area contributed by atoms with E-state index in [-0.39, 0.29) is 17.0 Å². The van der Waals surface area contributed by atoms with Crippen LogP contribution in [-0.4, -0.2) is 9.67 Å². The Morgan fingerprint density at radius 3 is 2.92 bits per heavy atom. The molecule has 1 saturated carbocycles. The van der Waals surface area contributed by atoms with Gasteiger partial charge in [0.25, 0.3) is 5.56 Å². The van der Waals surface area contributed by atoms with Gasteiger partial charge in [-0.2, -0.15) is 0 Å². The fourth-order valence-electron chi connectivity index (χ4n) is 1.30. The van der Waals surface area contributed by atoms with Gasteiger partial charge >= 0.3 is 0 Å². The van der Waals surface area contributed by atoms with Gasteiger partial charge in [0, 0.05) is 12.7 Å². The maximum atomic E-state index is 11.4. The summed E-state index contributed by atoms with van der Waals surface area (Å²) in [5.74, 6) is 0.499. The molecule has 4 heteroatoms. The van der Waals surface area contributed by atoms with Crippen LogP contribution in [-0.2, 0) is 6.54 Å².